The third-order valence-electron chi connectivity index (χ3n) is 4.89. The first-order chi connectivity index (χ1) is 12.1. The SMILES string of the molecule is CC1=C(/C=C/C(C)=C/C=C/C(C)=C/CNC(=O)[C@@H](C)N)C(C)(C)CCC1. The third-order valence-corrected chi connectivity index (χ3v) is 4.89. The van der Waals surface area contributed by atoms with E-state index in [4.69, 9.17) is 5.73 Å². The number of carbonyl (C=O) groups excluding carboxylic acids is 1. The van der Waals surface area contributed by atoms with E-state index in [0.29, 0.717) is 6.54 Å². The van der Waals surface area contributed by atoms with E-state index in [0.717, 1.165) is 5.57 Å². The molecule has 1 rings (SSSR count). The molecule has 0 heterocycles. The van der Waals surface area contributed by atoms with Crippen LogP contribution in [0.15, 0.2) is 58.7 Å². The molecule has 0 fully saturated rings. The Morgan fingerprint density at radius 3 is 2.58 bits per heavy atom. The Labute approximate surface area is 159 Å². The number of hydrogen-bond acceptors (Lipinski definition) is 2. The van der Waals surface area contributed by atoms with Crippen LogP contribution in [-0.4, -0.2) is 18.5 Å². The van der Waals surface area contributed by atoms with E-state index in [1.54, 1.807) is 6.92 Å². The quantitative estimate of drug-likeness (QED) is 0.632. The van der Waals surface area contributed by atoms with Gasteiger partial charge < -0.3 is 11.1 Å². The minimum Gasteiger partial charge on any atom is -0.351 e. The maximum absolute atomic E-state index is 11.4. The van der Waals surface area contributed by atoms with Crippen LogP contribution in [0.1, 0.15) is 60.8 Å². The van der Waals surface area contributed by atoms with Crippen LogP contribution < -0.4 is 11.1 Å². The molecule has 3 nitrogen and oxygen atoms in total. The van der Waals surface area contributed by atoms with Gasteiger partial charge in [0.25, 0.3) is 0 Å². The van der Waals surface area contributed by atoms with Gasteiger partial charge in [0.2, 0.25) is 5.91 Å². The normalized spacial score (nSPS) is 20.1. The largest absolute Gasteiger partial charge is 0.351 e. The summed E-state index contributed by atoms with van der Waals surface area (Å²) >= 11 is 0. The van der Waals surface area contributed by atoms with Crippen LogP contribution in [0.3, 0.4) is 0 Å². The molecule has 1 aliphatic carbocycles. The molecule has 0 aliphatic heterocycles. The van der Waals surface area contributed by atoms with Gasteiger partial charge in [-0.3, -0.25) is 4.79 Å². The average Bonchev–Trinajstić information content (AvgIpc) is 2.53. The highest BCUT2D eigenvalue weighted by Gasteiger charge is 2.26. The molecule has 0 saturated carbocycles. The zero-order valence-corrected chi connectivity index (χ0v) is 17.4. The van der Waals surface area contributed by atoms with Crippen molar-refractivity contribution in [2.24, 2.45) is 11.1 Å². The Hall–Kier alpha value is -1.87. The van der Waals surface area contributed by atoms with Gasteiger partial charge in [0, 0.05) is 6.54 Å². The summed E-state index contributed by atoms with van der Waals surface area (Å²) < 4.78 is 0. The second-order valence-electron chi connectivity index (χ2n) is 8.02. The van der Waals surface area contributed by atoms with Gasteiger partial charge in [0.05, 0.1) is 6.04 Å². The number of carbonyl (C=O) groups is 1. The standard InChI is InChI=1S/C23H36N2O/c1-17(12-13-21-19(3)11-8-15-23(21,5)6)9-7-10-18(2)14-16-25-22(26)20(4)24/h7,9-10,12-14,20H,8,11,15-16,24H2,1-6H3,(H,25,26)/b10-7+,13-12+,17-9+,18-14+/t20-/m1/s1. The number of nitrogens with one attached hydrogen (secondary N) is 1. The Morgan fingerprint density at radius 2 is 1.96 bits per heavy atom. The van der Waals surface area contributed by atoms with Crippen LogP contribution in [-0.2, 0) is 4.79 Å². The van der Waals surface area contributed by atoms with E-state index in [2.05, 4.69) is 51.2 Å². The fraction of sp³-hybridized carbons (Fsp3) is 0.522. The first kappa shape index (κ1) is 22.2. The van der Waals surface area contributed by atoms with Crippen molar-refractivity contribution in [2.75, 3.05) is 6.54 Å². The molecular weight excluding hydrogens is 320 g/mol. The Balaban J connectivity index is 2.62. The molecule has 3 N–H and O–H groups in total. The lowest BCUT2D eigenvalue weighted by molar-refractivity contribution is -0.121. The Bertz CT molecular complexity index is 643. The fourth-order valence-electron chi connectivity index (χ4n) is 3.17. The number of nitrogens with two attached hydrogens (primary N) is 1. The van der Waals surface area contributed by atoms with Gasteiger partial charge in [0.15, 0.2) is 0 Å². The summed E-state index contributed by atoms with van der Waals surface area (Å²) in [7, 11) is 0. The summed E-state index contributed by atoms with van der Waals surface area (Å²) in [5.74, 6) is -0.130. The van der Waals surface area contributed by atoms with E-state index in [1.807, 2.05) is 25.2 Å². The molecule has 1 atom stereocenters. The van der Waals surface area contributed by atoms with E-state index in [1.165, 1.54) is 36.0 Å². The number of rotatable bonds is 7. The molecular formula is C23H36N2O. The zero-order chi connectivity index (χ0) is 19.7. The molecule has 0 spiro atoms. The third kappa shape index (κ3) is 7.57. The smallest absolute Gasteiger partial charge is 0.236 e. The van der Waals surface area contributed by atoms with E-state index in [9.17, 15) is 4.79 Å². The molecule has 0 unspecified atom stereocenters. The zero-order valence-electron chi connectivity index (χ0n) is 17.4. The topological polar surface area (TPSA) is 55.1 Å². The molecule has 0 saturated heterocycles. The highest BCUT2D eigenvalue weighted by molar-refractivity contribution is 5.81. The highest BCUT2D eigenvalue weighted by atomic mass is 16.2. The number of hydrogen-bond donors (Lipinski definition) is 2. The van der Waals surface area contributed by atoms with Crippen molar-refractivity contribution in [1.82, 2.24) is 5.32 Å². The van der Waals surface area contributed by atoms with E-state index >= 15 is 0 Å². The monoisotopic (exact) mass is 356 g/mol. The molecule has 3 heteroatoms. The van der Waals surface area contributed by atoms with Crippen LogP contribution in [0.2, 0.25) is 0 Å². The lowest BCUT2D eigenvalue weighted by Crippen LogP contribution is -2.38. The second kappa shape index (κ2) is 10.3. The fourth-order valence-corrected chi connectivity index (χ4v) is 3.17. The van der Waals surface area contributed by atoms with Crippen molar-refractivity contribution in [3.05, 3.63) is 58.7 Å². The predicted octanol–water partition coefficient (Wildman–Crippen LogP) is 4.98. The molecule has 26 heavy (non-hydrogen) atoms. The average molecular weight is 357 g/mol. The second-order valence-corrected chi connectivity index (χ2v) is 8.02. The molecule has 0 aromatic heterocycles. The molecule has 0 aromatic carbocycles. The molecule has 0 bridgehead atoms. The summed E-state index contributed by atoms with van der Waals surface area (Å²) in [6.07, 6.45) is 16.5. The van der Waals surface area contributed by atoms with Gasteiger partial charge in [-0.2, -0.15) is 0 Å². The van der Waals surface area contributed by atoms with Gasteiger partial charge in [-0.15, -0.1) is 0 Å². The summed E-state index contributed by atoms with van der Waals surface area (Å²) in [5, 5.41) is 2.77. The van der Waals surface area contributed by atoms with Gasteiger partial charge in [-0.1, -0.05) is 67.0 Å². The lowest BCUT2D eigenvalue weighted by atomic mass is 9.72. The first-order valence-corrected chi connectivity index (χ1v) is 9.57. The minimum absolute atomic E-state index is 0.130. The van der Waals surface area contributed by atoms with Crippen LogP contribution in [0.4, 0.5) is 0 Å². The minimum atomic E-state index is -0.468. The van der Waals surface area contributed by atoms with Crippen LogP contribution in [0, 0.1) is 5.41 Å². The highest BCUT2D eigenvalue weighted by Crippen LogP contribution is 2.40. The predicted molar refractivity (Wildman–Crippen MR) is 113 cm³/mol. The summed E-state index contributed by atoms with van der Waals surface area (Å²) in [5.41, 5.74) is 11.1. The summed E-state index contributed by atoms with van der Waals surface area (Å²) in [4.78, 5) is 11.4. The van der Waals surface area contributed by atoms with Crippen molar-refractivity contribution in [2.45, 2.75) is 66.8 Å². The van der Waals surface area contributed by atoms with Crippen LogP contribution in [0.25, 0.3) is 0 Å². The lowest BCUT2D eigenvalue weighted by Gasteiger charge is -2.32. The Morgan fingerprint density at radius 1 is 1.27 bits per heavy atom. The molecule has 144 valence electrons. The van der Waals surface area contributed by atoms with Crippen molar-refractivity contribution >= 4 is 5.91 Å². The van der Waals surface area contributed by atoms with Crippen molar-refractivity contribution in [1.29, 1.82) is 0 Å². The maximum Gasteiger partial charge on any atom is 0.236 e. The van der Waals surface area contributed by atoms with E-state index < -0.39 is 6.04 Å². The van der Waals surface area contributed by atoms with Crippen molar-refractivity contribution in [3.63, 3.8) is 0 Å². The van der Waals surface area contributed by atoms with E-state index in [-0.39, 0.29) is 11.3 Å². The molecule has 1 amide bonds. The van der Waals surface area contributed by atoms with Gasteiger partial charge in [0.1, 0.15) is 0 Å². The first-order valence-electron chi connectivity index (χ1n) is 9.57. The van der Waals surface area contributed by atoms with Crippen LogP contribution >= 0.6 is 0 Å². The summed E-state index contributed by atoms with van der Waals surface area (Å²) in [6.45, 7) is 13.3. The van der Waals surface area contributed by atoms with Crippen molar-refractivity contribution in [3.8, 4) is 0 Å². The Kier molecular flexibility index (Phi) is 8.80. The summed E-state index contributed by atoms with van der Waals surface area (Å²) in [6, 6.07) is -0.468. The maximum atomic E-state index is 11.4. The number of allylic oxidation sites excluding steroid dienone is 9. The van der Waals surface area contributed by atoms with Gasteiger partial charge in [-0.25, -0.2) is 0 Å². The molecule has 0 aromatic rings. The molecule has 1 aliphatic rings. The number of amides is 1. The van der Waals surface area contributed by atoms with Crippen LogP contribution in [0.5, 0.6) is 0 Å². The molecule has 0 radical (unpaired) electrons. The van der Waals surface area contributed by atoms with Gasteiger partial charge in [-0.05, 0) is 57.9 Å². The van der Waals surface area contributed by atoms with Crippen molar-refractivity contribution < 1.29 is 4.79 Å². The van der Waals surface area contributed by atoms with Gasteiger partial charge >= 0.3 is 0 Å².